The van der Waals surface area contributed by atoms with Gasteiger partial charge >= 0.3 is 5.97 Å². The second-order valence-corrected chi connectivity index (χ2v) is 8.00. The second kappa shape index (κ2) is 8.41. The minimum atomic E-state index is -0.982. The van der Waals surface area contributed by atoms with Crippen LogP contribution in [0.25, 0.3) is 17.2 Å². The minimum absolute atomic E-state index is 0.170. The third-order valence-electron chi connectivity index (χ3n) is 5.92. The lowest BCUT2D eigenvalue weighted by Crippen LogP contribution is -2.23. The van der Waals surface area contributed by atoms with Crippen LogP contribution < -0.4 is 0 Å². The van der Waals surface area contributed by atoms with E-state index in [0.29, 0.717) is 29.1 Å². The topological polar surface area (TPSA) is 89.3 Å². The van der Waals surface area contributed by atoms with Crippen molar-refractivity contribution in [2.24, 2.45) is 0 Å². The summed E-state index contributed by atoms with van der Waals surface area (Å²) in [6, 6.07) is 21.2. The molecule has 0 amide bonds. The first-order valence-corrected chi connectivity index (χ1v) is 10.8. The Morgan fingerprint density at radius 1 is 0.882 bits per heavy atom. The molecule has 5 rings (SSSR count). The smallest absolute Gasteiger partial charge is 0.336 e. The van der Waals surface area contributed by atoms with Crippen LogP contribution in [0.2, 0.25) is 0 Å². The summed E-state index contributed by atoms with van der Waals surface area (Å²) >= 11 is 0. The highest BCUT2D eigenvalue weighted by atomic mass is 16.4. The Labute approximate surface area is 195 Å². The molecule has 0 aliphatic heterocycles. The number of carboxylic acids is 1. The van der Waals surface area contributed by atoms with E-state index >= 15 is 0 Å². The third-order valence-corrected chi connectivity index (χ3v) is 5.92. The highest BCUT2D eigenvalue weighted by Crippen LogP contribution is 2.30. The minimum Gasteiger partial charge on any atom is -0.478 e. The van der Waals surface area contributed by atoms with Crippen LogP contribution >= 0.6 is 0 Å². The van der Waals surface area contributed by atoms with Gasteiger partial charge in [0.15, 0.2) is 0 Å². The summed E-state index contributed by atoms with van der Waals surface area (Å²) in [6.45, 7) is 2.19. The molecule has 0 spiro atoms. The van der Waals surface area contributed by atoms with Crippen LogP contribution in [-0.4, -0.2) is 32.2 Å². The van der Waals surface area contributed by atoms with E-state index in [2.05, 4.69) is 4.98 Å². The Hall–Kier alpha value is -4.58. The van der Waals surface area contributed by atoms with Gasteiger partial charge in [-0.15, -0.1) is 0 Å². The summed E-state index contributed by atoms with van der Waals surface area (Å²) in [5.74, 6) is -0.928. The number of allylic oxidation sites excluding steroid dienone is 1. The SMILES string of the molecule is C/C=C/c1nc2c(n1Cc1ccc(-c3ccccc3C(=O)O)cc1)C(=O)c1ccccc1C2=O. The van der Waals surface area contributed by atoms with Crippen molar-refractivity contribution >= 4 is 23.6 Å². The summed E-state index contributed by atoms with van der Waals surface area (Å²) in [5.41, 5.74) is 3.75. The molecular weight excluding hydrogens is 428 g/mol. The van der Waals surface area contributed by atoms with Crippen molar-refractivity contribution in [3.05, 3.63) is 118 Å². The van der Waals surface area contributed by atoms with Gasteiger partial charge in [-0.05, 0) is 35.8 Å². The number of rotatable bonds is 5. The van der Waals surface area contributed by atoms with Crippen LogP contribution in [-0.2, 0) is 6.54 Å². The van der Waals surface area contributed by atoms with Crippen LogP contribution in [0.15, 0.2) is 78.9 Å². The molecule has 0 atom stereocenters. The van der Waals surface area contributed by atoms with Gasteiger partial charge in [0.05, 0.1) is 5.56 Å². The van der Waals surface area contributed by atoms with Crippen LogP contribution in [0.4, 0.5) is 0 Å². The second-order valence-electron chi connectivity index (χ2n) is 8.00. The monoisotopic (exact) mass is 448 g/mol. The summed E-state index contributed by atoms with van der Waals surface area (Å²) in [6.07, 6.45) is 3.60. The maximum atomic E-state index is 13.3. The number of benzene rings is 3. The molecule has 0 fully saturated rings. The first-order valence-electron chi connectivity index (χ1n) is 10.8. The molecule has 0 saturated heterocycles. The zero-order valence-electron chi connectivity index (χ0n) is 18.4. The van der Waals surface area contributed by atoms with E-state index in [9.17, 15) is 19.5 Å². The fourth-order valence-corrected chi connectivity index (χ4v) is 4.32. The average molecular weight is 448 g/mol. The highest BCUT2D eigenvalue weighted by molar-refractivity contribution is 6.27. The van der Waals surface area contributed by atoms with Gasteiger partial charge in [0.25, 0.3) is 0 Å². The maximum Gasteiger partial charge on any atom is 0.336 e. The van der Waals surface area contributed by atoms with Crippen LogP contribution in [0, 0.1) is 0 Å². The van der Waals surface area contributed by atoms with E-state index in [1.54, 1.807) is 59.2 Å². The van der Waals surface area contributed by atoms with Crippen molar-refractivity contribution in [1.29, 1.82) is 0 Å². The van der Waals surface area contributed by atoms with Gasteiger partial charge in [-0.1, -0.05) is 72.8 Å². The standard InChI is InChI=1S/C28H20N2O4/c1-2-7-23-29-24-25(27(32)21-10-5-4-9-20(21)26(24)31)30(23)16-17-12-14-18(15-13-17)19-8-3-6-11-22(19)28(33)34/h2-15H,16H2,1H3,(H,33,34)/b7-2+. The van der Waals surface area contributed by atoms with Crippen molar-refractivity contribution in [3.8, 4) is 11.1 Å². The number of ketones is 2. The molecule has 1 aliphatic carbocycles. The lowest BCUT2D eigenvalue weighted by Gasteiger charge is -2.16. The fourth-order valence-electron chi connectivity index (χ4n) is 4.32. The predicted molar refractivity (Wildman–Crippen MR) is 128 cm³/mol. The van der Waals surface area contributed by atoms with Crippen molar-refractivity contribution in [3.63, 3.8) is 0 Å². The molecule has 0 saturated carbocycles. The lowest BCUT2D eigenvalue weighted by atomic mass is 9.90. The molecule has 1 heterocycles. The molecule has 166 valence electrons. The number of carbonyl (C=O) groups is 3. The number of imidazole rings is 1. The number of aromatic nitrogens is 2. The first-order chi connectivity index (χ1) is 16.5. The number of hydrogen-bond donors (Lipinski definition) is 1. The van der Waals surface area contributed by atoms with Crippen molar-refractivity contribution in [2.45, 2.75) is 13.5 Å². The number of carboxylic acid groups (broad SMARTS) is 1. The number of fused-ring (bicyclic) bond motifs is 2. The van der Waals surface area contributed by atoms with Crippen LogP contribution in [0.3, 0.4) is 0 Å². The Morgan fingerprint density at radius 3 is 2.15 bits per heavy atom. The van der Waals surface area contributed by atoms with Gasteiger partial charge in [0.2, 0.25) is 11.6 Å². The molecule has 1 N–H and O–H groups in total. The quantitative estimate of drug-likeness (QED) is 0.404. The highest BCUT2D eigenvalue weighted by Gasteiger charge is 2.35. The molecule has 1 aromatic heterocycles. The van der Waals surface area contributed by atoms with Gasteiger partial charge in [0, 0.05) is 17.7 Å². The summed E-state index contributed by atoms with van der Waals surface area (Å²) in [4.78, 5) is 42.5. The van der Waals surface area contributed by atoms with Gasteiger partial charge in [-0.3, -0.25) is 9.59 Å². The van der Waals surface area contributed by atoms with E-state index in [1.807, 2.05) is 37.3 Å². The number of aromatic carboxylic acids is 1. The van der Waals surface area contributed by atoms with E-state index in [0.717, 1.165) is 11.1 Å². The number of nitrogens with zero attached hydrogens (tertiary/aromatic N) is 2. The zero-order chi connectivity index (χ0) is 23.8. The van der Waals surface area contributed by atoms with E-state index in [4.69, 9.17) is 0 Å². The van der Waals surface area contributed by atoms with Gasteiger partial charge < -0.3 is 9.67 Å². The molecule has 0 radical (unpaired) electrons. The van der Waals surface area contributed by atoms with Gasteiger partial charge in [-0.25, -0.2) is 9.78 Å². The van der Waals surface area contributed by atoms with Gasteiger partial charge in [-0.2, -0.15) is 0 Å². The first kappa shape index (κ1) is 21.3. The molecular formula is C28H20N2O4. The van der Waals surface area contributed by atoms with E-state index < -0.39 is 5.97 Å². The fraction of sp³-hybridized carbons (Fsp3) is 0.0714. The Bertz CT molecular complexity index is 1490. The Kier molecular flexibility index (Phi) is 5.26. The average Bonchev–Trinajstić information content (AvgIpc) is 3.21. The summed E-state index contributed by atoms with van der Waals surface area (Å²) in [7, 11) is 0. The molecule has 6 nitrogen and oxygen atoms in total. The summed E-state index contributed by atoms with van der Waals surface area (Å²) in [5, 5.41) is 9.49. The van der Waals surface area contributed by atoms with Crippen molar-refractivity contribution < 1.29 is 19.5 Å². The molecule has 34 heavy (non-hydrogen) atoms. The van der Waals surface area contributed by atoms with Crippen molar-refractivity contribution in [2.75, 3.05) is 0 Å². The van der Waals surface area contributed by atoms with E-state index in [1.165, 1.54) is 0 Å². The Balaban J connectivity index is 1.55. The molecule has 6 heteroatoms. The lowest BCUT2D eigenvalue weighted by molar-refractivity contribution is 0.0697. The number of hydrogen-bond acceptors (Lipinski definition) is 4. The Morgan fingerprint density at radius 2 is 1.50 bits per heavy atom. The number of carbonyl (C=O) groups excluding carboxylic acids is 2. The summed E-state index contributed by atoms with van der Waals surface area (Å²) < 4.78 is 1.77. The third kappa shape index (κ3) is 3.46. The molecule has 3 aromatic carbocycles. The van der Waals surface area contributed by atoms with E-state index in [-0.39, 0.29) is 28.5 Å². The van der Waals surface area contributed by atoms with Crippen LogP contribution in [0.5, 0.6) is 0 Å². The zero-order valence-corrected chi connectivity index (χ0v) is 18.4. The largest absolute Gasteiger partial charge is 0.478 e. The molecule has 1 aliphatic rings. The van der Waals surface area contributed by atoms with Crippen LogP contribution in [0.1, 0.15) is 60.8 Å². The van der Waals surface area contributed by atoms with Crippen molar-refractivity contribution in [1.82, 2.24) is 9.55 Å². The normalized spacial score (nSPS) is 12.6. The molecule has 0 unspecified atom stereocenters. The molecule has 4 aromatic rings. The molecule has 0 bridgehead atoms. The predicted octanol–water partition coefficient (Wildman–Crippen LogP) is 5.11. The maximum absolute atomic E-state index is 13.3. The van der Waals surface area contributed by atoms with Gasteiger partial charge in [0.1, 0.15) is 17.2 Å².